The van der Waals surface area contributed by atoms with Crippen LogP contribution in [0.4, 0.5) is 0 Å². The van der Waals surface area contributed by atoms with Gasteiger partial charge in [0.05, 0.1) is 0 Å². The van der Waals surface area contributed by atoms with E-state index in [2.05, 4.69) is 0 Å². The Morgan fingerprint density at radius 2 is 2.00 bits per heavy atom. The molecule has 0 unspecified atom stereocenters. The fraction of sp³-hybridized carbons (Fsp3) is 0.286. The van der Waals surface area contributed by atoms with Crippen molar-refractivity contribution in [2.45, 2.75) is 10.9 Å². The molecule has 1 aromatic rings. The van der Waals surface area contributed by atoms with Gasteiger partial charge in [-0.2, -0.15) is 0 Å². The molecule has 0 fully saturated rings. The van der Waals surface area contributed by atoms with Crippen LogP contribution in [-0.4, -0.2) is 28.0 Å². The number of aromatic hydroxyl groups is 1. The third-order valence-electron chi connectivity index (χ3n) is 1.55. The average molecular weight is 249 g/mol. The maximum atomic E-state index is 10.8. The van der Waals surface area contributed by atoms with E-state index in [1.165, 1.54) is 0 Å². The molecule has 82 valence electrons. The van der Waals surface area contributed by atoms with Crippen LogP contribution in [0.1, 0.15) is 0 Å². The summed E-state index contributed by atoms with van der Waals surface area (Å²) in [5.41, 5.74) is 3.55. The SMILES string of the molecule is N[C@@H](CSSc1c(O)c(=O)c1=O)C(=O)O. The summed E-state index contributed by atoms with van der Waals surface area (Å²) in [5, 5.41) is 17.4. The Kier molecular flexibility index (Phi) is 3.77. The molecule has 0 aliphatic carbocycles. The first kappa shape index (κ1) is 12.1. The van der Waals surface area contributed by atoms with Crippen LogP contribution in [0.2, 0.25) is 0 Å². The Labute approximate surface area is 91.6 Å². The number of rotatable bonds is 5. The topological polar surface area (TPSA) is 118 Å². The summed E-state index contributed by atoms with van der Waals surface area (Å²) in [6.45, 7) is 0. The van der Waals surface area contributed by atoms with Crippen LogP contribution in [0.25, 0.3) is 0 Å². The molecule has 1 aromatic carbocycles. The van der Waals surface area contributed by atoms with Crippen LogP contribution >= 0.6 is 21.6 Å². The molecule has 0 radical (unpaired) electrons. The molecule has 8 heteroatoms. The highest BCUT2D eigenvalue weighted by Crippen LogP contribution is 2.33. The van der Waals surface area contributed by atoms with Crippen molar-refractivity contribution in [2.24, 2.45) is 5.73 Å². The molecule has 6 nitrogen and oxygen atoms in total. The third kappa shape index (κ3) is 2.52. The monoisotopic (exact) mass is 249 g/mol. The first-order chi connectivity index (χ1) is 6.95. The molecular weight excluding hydrogens is 242 g/mol. The van der Waals surface area contributed by atoms with Gasteiger partial charge >= 0.3 is 5.97 Å². The molecule has 0 saturated heterocycles. The zero-order valence-electron chi connectivity index (χ0n) is 7.30. The quantitative estimate of drug-likeness (QED) is 0.456. The maximum Gasteiger partial charge on any atom is 0.321 e. The van der Waals surface area contributed by atoms with Gasteiger partial charge in [-0.15, -0.1) is 0 Å². The van der Waals surface area contributed by atoms with Gasteiger partial charge in [0.2, 0.25) is 5.43 Å². The van der Waals surface area contributed by atoms with E-state index in [1.807, 2.05) is 0 Å². The first-order valence-corrected chi connectivity index (χ1v) is 6.07. The summed E-state index contributed by atoms with van der Waals surface area (Å²) in [5.74, 6) is -1.61. The molecule has 0 saturated carbocycles. The highest BCUT2D eigenvalue weighted by molar-refractivity contribution is 8.76. The second-order valence-electron chi connectivity index (χ2n) is 2.65. The van der Waals surface area contributed by atoms with Crippen LogP contribution in [0, 0.1) is 0 Å². The maximum absolute atomic E-state index is 10.8. The first-order valence-electron chi connectivity index (χ1n) is 3.75. The molecule has 0 amide bonds. The van der Waals surface area contributed by atoms with Gasteiger partial charge in [-0.1, -0.05) is 10.8 Å². The number of aliphatic carboxylic acids is 1. The molecule has 1 atom stereocenters. The van der Waals surface area contributed by atoms with Crippen molar-refractivity contribution in [3.8, 4) is 5.75 Å². The van der Waals surface area contributed by atoms with E-state index in [4.69, 9.17) is 15.9 Å². The van der Waals surface area contributed by atoms with Gasteiger partial charge in [-0.25, -0.2) is 0 Å². The Hall–Kier alpha value is -0.990. The van der Waals surface area contributed by atoms with Crippen molar-refractivity contribution < 1.29 is 15.0 Å². The van der Waals surface area contributed by atoms with Crippen LogP contribution < -0.4 is 16.6 Å². The molecule has 0 spiro atoms. The minimum atomic E-state index is -1.14. The Balaban J connectivity index is 2.43. The summed E-state index contributed by atoms with van der Waals surface area (Å²) < 4.78 is 0. The second-order valence-corrected chi connectivity index (χ2v) is 5.00. The minimum Gasteiger partial charge on any atom is -0.503 e. The van der Waals surface area contributed by atoms with Crippen molar-refractivity contribution in [1.82, 2.24) is 0 Å². The van der Waals surface area contributed by atoms with Crippen molar-refractivity contribution in [3.05, 3.63) is 20.4 Å². The summed E-state index contributed by atoms with van der Waals surface area (Å²) in [6, 6.07) is -1.03. The standard InChI is InChI=1S/C7H7NO5S2/c8-2(7(12)13)1-14-15-6-4(10)3(9)5(6)11/h2,10H,1,8H2,(H,12,13)/t2-/m0/s1. The highest BCUT2D eigenvalue weighted by Gasteiger charge is 2.21. The molecular formula is C7H7NO5S2. The highest BCUT2D eigenvalue weighted by atomic mass is 33.1. The lowest BCUT2D eigenvalue weighted by atomic mass is 10.3. The Morgan fingerprint density at radius 1 is 1.40 bits per heavy atom. The smallest absolute Gasteiger partial charge is 0.321 e. The van der Waals surface area contributed by atoms with Crippen molar-refractivity contribution in [1.29, 1.82) is 0 Å². The number of carboxylic acids is 1. The van der Waals surface area contributed by atoms with Gasteiger partial charge in [-0.05, 0) is 10.8 Å². The van der Waals surface area contributed by atoms with E-state index in [9.17, 15) is 14.4 Å². The molecule has 1 rings (SSSR count). The van der Waals surface area contributed by atoms with Crippen molar-refractivity contribution in [3.63, 3.8) is 0 Å². The average Bonchev–Trinajstić information content (AvgIpc) is 2.22. The fourth-order valence-corrected chi connectivity index (χ4v) is 2.95. The van der Waals surface area contributed by atoms with Gasteiger partial charge in [0.15, 0.2) is 5.75 Å². The van der Waals surface area contributed by atoms with Gasteiger partial charge < -0.3 is 15.9 Å². The van der Waals surface area contributed by atoms with Gasteiger partial charge in [-0.3, -0.25) is 14.4 Å². The number of carboxylic acid groups (broad SMARTS) is 1. The number of hydrogen-bond acceptors (Lipinski definition) is 7. The van der Waals surface area contributed by atoms with E-state index in [-0.39, 0.29) is 10.6 Å². The molecule has 0 heterocycles. The van der Waals surface area contributed by atoms with E-state index in [1.54, 1.807) is 0 Å². The predicted molar refractivity (Wildman–Crippen MR) is 56.9 cm³/mol. The van der Waals surface area contributed by atoms with Gasteiger partial charge in [0.1, 0.15) is 10.9 Å². The lowest BCUT2D eigenvalue weighted by Crippen LogP contribution is -2.33. The third-order valence-corrected chi connectivity index (χ3v) is 3.97. The lowest BCUT2D eigenvalue weighted by molar-refractivity contribution is -0.137. The summed E-state index contributed by atoms with van der Waals surface area (Å²) in [4.78, 5) is 31.7. The Bertz CT molecular complexity index is 450. The Morgan fingerprint density at radius 3 is 2.47 bits per heavy atom. The summed E-state index contributed by atoms with van der Waals surface area (Å²) in [6.07, 6.45) is 0. The fourth-order valence-electron chi connectivity index (χ4n) is 0.674. The zero-order valence-corrected chi connectivity index (χ0v) is 8.93. The number of nitrogens with two attached hydrogens (primary N) is 1. The molecule has 0 aromatic heterocycles. The lowest BCUT2D eigenvalue weighted by Gasteiger charge is -2.06. The summed E-state index contributed by atoms with van der Waals surface area (Å²) in [7, 11) is 1.86. The van der Waals surface area contributed by atoms with Gasteiger partial charge in [0.25, 0.3) is 5.43 Å². The summed E-state index contributed by atoms with van der Waals surface area (Å²) >= 11 is 0. The molecule has 0 aliphatic heterocycles. The molecule has 4 N–H and O–H groups in total. The largest absolute Gasteiger partial charge is 0.503 e. The molecule has 15 heavy (non-hydrogen) atoms. The van der Waals surface area contributed by atoms with E-state index < -0.39 is 28.6 Å². The molecule has 0 bridgehead atoms. The predicted octanol–water partition coefficient (Wildman–Crippen LogP) is -0.860. The van der Waals surface area contributed by atoms with Crippen molar-refractivity contribution >= 4 is 27.6 Å². The van der Waals surface area contributed by atoms with E-state index >= 15 is 0 Å². The van der Waals surface area contributed by atoms with E-state index in [0.29, 0.717) is 0 Å². The van der Waals surface area contributed by atoms with Crippen molar-refractivity contribution in [2.75, 3.05) is 5.75 Å². The van der Waals surface area contributed by atoms with Crippen LogP contribution in [-0.2, 0) is 4.79 Å². The molecule has 0 aliphatic rings. The van der Waals surface area contributed by atoms with E-state index in [0.717, 1.165) is 21.6 Å². The normalized spacial score (nSPS) is 12.9. The zero-order chi connectivity index (χ0) is 11.6. The second kappa shape index (κ2) is 4.69. The van der Waals surface area contributed by atoms with Crippen LogP contribution in [0.15, 0.2) is 14.5 Å². The number of hydrogen-bond donors (Lipinski definition) is 3. The minimum absolute atomic E-state index is 0.0393. The van der Waals surface area contributed by atoms with Gasteiger partial charge in [0, 0.05) is 5.75 Å². The van der Waals surface area contributed by atoms with Crippen LogP contribution in [0.3, 0.4) is 0 Å². The van der Waals surface area contributed by atoms with Crippen LogP contribution in [0.5, 0.6) is 5.75 Å². The number of carbonyl (C=O) groups is 1.